The molecule has 1 N–H and O–H groups in total. The number of hydrogen-bond donors (Lipinski definition) is 1. The molecule has 0 bridgehead atoms. The molecule has 0 radical (unpaired) electrons. The Morgan fingerprint density at radius 2 is 1.77 bits per heavy atom. The fourth-order valence-electron chi connectivity index (χ4n) is 2.60. The molecular formula is C22H18F4N2O2. The van der Waals surface area contributed by atoms with Crippen LogP contribution in [0.5, 0.6) is 11.5 Å². The molecule has 0 aliphatic heterocycles. The van der Waals surface area contributed by atoms with Gasteiger partial charge in [-0.1, -0.05) is 24.3 Å². The smallest absolute Gasteiger partial charge is 0.416 e. The Morgan fingerprint density at radius 3 is 2.50 bits per heavy atom. The Labute approximate surface area is 170 Å². The van der Waals surface area contributed by atoms with E-state index in [2.05, 4.69) is 10.5 Å². The van der Waals surface area contributed by atoms with Crippen LogP contribution in [-0.4, -0.2) is 13.3 Å². The highest BCUT2D eigenvalue weighted by Crippen LogP contribution is 2.31. The van der Waals surface area contributed by atoms with E-state index in [0.29, 0.717) is 22.6 Å². The lowest BCUT2D eigenvalue weighted by molar-refractivity contribution is -0.137. The molecule has 0 aliphatic carbocycles. The molecule has 8 heteroatoms. The van der Waals surface area contributed by atoms with Gasteiger partial charge in [0.2, 0.25) is 0 Å². The van der Waals surface area contributed by atoms with Crippen molar-refractivity contribution in [2.75, 3.05) is 12.5 Å². The van der Waals surface area contributed by atoms with Crippen LogP contribution in [0.1, 0.15) is 16.7 Å². The van der Waals surface area contributed by atoms with Gasteiger partial charge in [0.25, 0.3) is 0 Å². The highest BCUT2D eigenvalue weighted by Gasteiger charge is 2.30. The van der Waals surface area contributed by atoms with Crippen LogP contribution in [0, 0.1) is 5.82 Å². The summed E-state index contributed by atoms with van der Waals surface area (Å²) in [5.74, 6) is 0.471. The first-order valence-corrected chi connectivity index (χ1v) is 8.87. The molecule has 0 unspecified atom stereocenters. The molecular weight excluding hydrogens is 400 g/mol. The van der Waals surface area contributed by atoms with E-state index in [9.17, 15) is 17.6 Å². The Balaban J connectivity index is 1.67. The van der Waals surface area contributed by atoms with E-state index in [1.54, 1.807) is 36.4 Å². The van der Waals surface area contributed by atoms with Crippen molar-refractivity contribution in [3.63, 3.8) is 0 Å². The lowest BCUT2D eigenvalue weighted by atomic mass is 10.2. The summed E-state index contributed by atoms with van der Waals surface area (Å²) in [4.78, 5) is 0. The minimum Gasteiger partial charge on any atom is -0.493 e. The van der Waals surface area contributed by atoms with Gasteiger partial charge < -0.3 is 9.47 Å². The van der Waals surface area contributed by atoms with Gasteiger partial charge in [-0.2, -0.15) is 18.3 Å². The zero-order chi connectivity index (χ0) is 21.6. The Hall–Kier alpha value is -3.55. The van der Waals surface area contributed by atoms with Crippen LogP contribution in [0.3, 0.4) is 0 Å². The summed E-state index contributed by atoms with van der Waals surface area (Å²) >= 11 is 0. The summed E-state index contributed by atoms with van der Waals surface area (Å²) in [6.07, 6.45) is -2.99. The maximum Gasteiger partial charge on any atom is 0.416 e. The average Bonchev–Trinajstić information content (AvgIpc) is 2.73. The van der Waals surface area contributed by atoms with Crippen LogP contribution in [0.2, 0.25) is 0 Å². The van der Waals surface area contributed by atoms with Gasteiger partial charge in [-0.25, -0.2) is 4.39 Å². The molecule has 3 rings (SSSR count). The molecule has 0 aliphatic rings. The number of methoxy groups -OCH3 is 1. The molecule has 0 fully saturated rings. The summed E-state index contributed by atoms with van der Waals surface area (Å²) in [6, 6.07) is 16.0. The van der Waals surface area contributed by atoms with Gasteiger partial charge in [0, 0.05) is 5.56 Å². The fraction of sp³-hybridized carbons (Fsp3) is 0.136. The number of nitrogens with one attached hydrogen (secondary N) is 1. The van der Waals surface area contributed by atoms with Crippen molar-refractivity contribution in [2.45, 2.75) is 12.8 Å². The summed E-state index contributed by atoms with van der Waals surface area (Å²) in [5.41, 5.74) is 3.05. The third-order valence-electron chi connectivity index (χ3n) is 4.13. The zero-order valence-electron chi connectivity index (χ0n) is 15.9. The standard InChI is InChI=1S/C22H18F4N2O2/c1-29-21-11-15(9-10-20(21)30-14-16-5-2-3-8-19(16)23)13-27-28-18-7-4-6-17(12-18)22(24,25)26/h2-13,28H,14H2,1H3. The Morgan fingerprint density at radius 1 is 0.967 bits per heavy atom. The molecule has 156 valence electrons. The lowest BCUT2D eigenvalue weighted by Gasteiger charge is -2.12. The fourth-order valence-corrected chi connectivity index (χ4v) is 2.60. The molecule has 0 saturated heterocycles. The zero-order valence-corrected chi connectivity index (χ0v) is 15.9. The molecule has 3 aromatic rings. The topological polar surface area (TPSA) is 42.8 Å². The van der Waals surface area contributed by atoms with Gasteiger partial charge in [-0.05, 0) is 48.0 Å². The second-order valence-electron chi connectivity index (χ2n) is 6.24. The van der Waals surface area contributed by atoms with Gasteiger partial charge in [0.05, 0.1) is 24.6 Å². The highest BCUT2D eigenvalue weighted by atomic mass is 19.4. The van der Waals surface area contributed by atoms with Gasteiger partial charge in [0.15, 0.2) is 11.5 Å². The Bertz CT molecular complexity index is 1040. The van der Waals surface area contributed by atoms with Crippen LogP contribution < -0.4 is 14.9 Å². The van der Waals surface area contributed by atoms with E-state index in [0.717, 1.165) is 12.1 Å². The van der Waals surface area contributed by atoms with Crippen LogP contribution >= 0.6 is 0 Å². The van der Waals surface area contributed by atoms with E-state index in [-0.39, 0.29) is 18.1 Å². The summed E-state index contributed by atoms with van der Waals surface area (Å²) < 4.78 is 62.9. The first-order valence-electron chi connectivity index (χ1n) is 8.87. The number of ether oxygens (including phenoxy) is 2. The molecule has 0 aromatic heterocycles. The molecule has 0 heterocycles. The average molecular weight is 418 g/mol. The molecule has 0 spiro atoms. The van der Waals surface area contributed by atoms with Crippen LogP contribution in [0.15, 0.2) is 71.8 Å². The van der Waals surface area contributed by atoms with Crippen LogP contribution in [0.25, 0.3) is 0 Å². The summed E-state index contributed by atoms with van der Waals surface area (Å²) in [6.45, 7) is 0.0353. The SMILES string of the molecule is COc1cc(C=NNc2cccc(C(F)(F)F)c2)ccc1OCc1ccccc1F. The van der Waals surface area contributed by atoms with Crippen molar-refractivity contribution < 1.29 is 27.0 Å². The number of alkyl halides is 3. The van der Waals surface area contributed by atoms with E-state index in [1.807, 2.05) is 0 Å². The summed E-state index contributed by atoms with van der Waals surface area (Å²) in [7, 11) is 1.47. The number of benzene rings is 3. The number of nitrogens with zero attached hydrogens (tertiary/aromatic N) is 1. The van der Waals surface area contributed by atoms with Crippen molar-refractivity contribution in [1.82, 2.24) is 0 Å². The van der Waals surface area contributed by atoms with Crippen molar-refractivity contribution in [3.05, 3.63) is 89.2 Å². The van der Waals surface area contributed by atoms with Crippen molar-refractivity contribution >= 4 is 11.9 Å². The van der Waals surface area contributed by atoms with Crippen molar-refractivity contribution in [3.8, 4) is 11.5 Å². The van der Waals surface area contributed by atoms with E-state index in [4.69, 9.17) is 9.47 Å². The van der Waals surface area contributed by atoms with Crippen LogP contribution in [-0.2, 0) is 12.8 Å². The minimum absolute atomic E-state index is 0.0353. The first kappa shape index (κ1) is 21.2. The number of anilines is 1. The van der Waals surface area contributed by atoms with Crippen molar-refractivity contribution in [1.29, 1.82) is 0 Å². The summed E-state index contributed by atoms with van der Waals surface area (Å²) in [5, 5.41) is 3.96. The molecule has 4 nitrogen and oxygen atoms in total. The molecule has 0 saturated carbocycles. The number of hydrogen-bond acceptors (Lipinski definition) is 4. The minimum atomic E-state index is -4.42. The third-order valence-corrected chi connectivity index (χ3v) is 4.13. The molecule has 0 amide bonds. The maximum atomic E-state index is 13.7. The van der Waals surface area contributed by atoms with Gasteiger partial charge in [-0.15, -0.1) is 0 Å². The van der Waals surface area contributed by atoms with Gasteiger partial charge >= 0.3 is 6.18 Å². The van der Waals surface area contributed by atoms with Crippen LogP contribution in [0.4, 0.5) is 23.2 Å². The predicted octanol–water partition coefficient (Wildman–Crippen LogP) is 5.88. The number of rotatable bonds is 7. The number of hydrazone groups is 1. The second kappa shape index (κ2) is 9.30. The lowest BCUT2D eigenvalue weighted by Crippen LogP contribution is -2.05. The molecule has 3 aromatic carbocycles. The molecule has 30 heavy (non-hydrogen) atoms. The van der Waals surface area contributed by atoms with Crippen molar-refractivity contribution in [2.24, 2.45) is 5.10 Å². The predicted molar refractivity (Wildman–Crippen MR) is 106 cm³/mol. The van der Waals surface area contributed by atoms with Gasteiger partial charge in [0.1, 0.15) is 12.4 Å². The van der Waals surface area contributed by atoms with Gasteiger partial charge in [-0.3, -0.25) is 5.43 Å². The van der Waals surface area contributed by atoms with E-state index < -0.39 is 11.7 Å². The largest absolute Gasteiger partial charge is 0.493 e. The van der Waals surface area contributed by atoms with E-state index in [1.165, 1.54) is 31.5 Å². The van der Waals surface area contributed by atoms with E-state index >= 15 is 0 Å². The second-order valence-corrected chi connectivity index (χ2v) is 6.24. The third kappa shape index (κ3) is 5.50. The first-order chi connectivity index (χ1) is 14.4. The maximum absolute atomic E-state index is 13.7. The quantitative estimate of drug-likeness (QED) is 0.296. The normalized spacial score (nSPS) is 11.5. The highest BCUT2D eigenvalue weighted by molar-refractivity contribution is 5.81. The number of halogens is 4. The molecule has 0 atom stereocenters. The Kier molecular flexibility index (Phi) is 6.56. The monoisotopic (exact) mass is 418 g/mol.